The zero-order valence-corrected chi connectivity index (χ0v) is 20.0. The molecular formula is C25H33N3O4S. The lowest BCUT2D eigenvalue weighted by atomic mass is 10.0. The topological polar surface area (TPSA) is 70.2 Å². The quantitative estimate of drug-likeness (QED) is 0.621. The van der Waals surface area contributed by atoms with Gasteiger partial charge in [0, 0.05) is 39.3 Å². The Bertz CT molecular complexity index is 1020. The van der Waals surface area contributed by atoms with Gasteiger partial charge in [0.15, 0.2) is 0 Å². The van der Waals surface area contributed by atoms with Crippen molar-refractivity contribution in [1.29, 1.82) is 0 Å². The van der Waals surface area contributed by atoms with E-state index in [4.69, 9.17) is 4.74 Å². The van der Waals surface area contributed by atoms with Gasteiger partial charge in [0.25, 0.3) is 0 Å². The van der Waals surface area contributed by atoms with Gasteiger partial charge in [0.1, 0.15) is 11.8 Å². The maximum absolute atomic E-state index is 13.4. The molecule has 0 N–H and O–H groups in total. The molecule has 4 rings (SSSR count). The van der Waals surface area contributed by atoms with Gasteiger partial charge in [-0.05, 0) is 49.1 Å². The lowest BCUT2D eigenvalue weighted by Gasteiger charge is -2.40. The zero-order valence-electron chi connectivity index (χ0n) is 19.2. The summed E-state index contributed by atoms with van der Waals surface area (Å²) in [6, 6.07) is 16.0. The summed E-state index contributed by atoms with van der Waals surface area (Å²) < 4.78 is 33.1. The smallest absolute Gasteiger partial charge is 0.243 e. The molecule has 2 aliphatic heterocycles. The van der Waals surface area contributed by atoms with Crippen LogP contribution >= 0.6 is 0 Å². The molecule has 2 saturated heterocycles. The lowest BCUT2D eigenvalue weighted by molar-refractivity contribution is -0.138. The van der Waals surface area contributed by atoms with Gasteiger partial charge in [-0.15, -0.1) is 0 Å². The van der Waals surface area contributed by atoms with Crippen LogP contribution in [0.25, 0.3) is 0 Å². The van der Waals surface area contributed by atoms with Gasteiger partial charge in [-0.3, -0.25) is 9.69 Å². The number of piperazine rings is 1. The predicted octanol–water partition coefficient (Wildman–Crippen LogP) is 2.63. The Morgan fingerprint density at radius 3 is 2.30 bits per heavy atom. The monoisotopic (exact) mass is 471 g/mol. The second kappa shape index (κ2) is 10.7. The van der Waals surface area contributed by atoms with Crippen LogP contribution in [0.2, 0.25) is 0 Å². The summed E-state index contributed by atoms with van der Waals surface area (Å²) in [4.78, 5) is 17.9. The summed E-state index contributed by atoms with van der Waals surface area (Å²) >= 11 is 0. The van der Waals surface area contributed by atoms with E-state index in [1.54, 1.807) is 37.4 Å². The van der Waals surface area contributed by atoms with Crippen molar-refractivity contribution < 1.29 is 17.9 Å². The van der Waals surface area contributed by atoms with Crippen LogP contribution in [0.4, 0.5) is 0 Å². The van der Waals surface area contributed by atoms with Crippen molar-refractivity contribution in [2.75, 3.05) is 46.4 Å². The first-order valence-corrected chi connectivity index (χ1v) is 13.1. The SMILES string of the molecule is COc1ccc(CCN2CCN(C(=O)C3CCCCN3S(=O)(=O)c3ccccc3)CC2)cc1. The fourth-order valence-corrected chi connectivity index (χ4v) is 6.32. The second-order valence-corrected chi connectivity index (χ2v) is 10.6. The molecule has 1 atom stereocenters. The first-order chi connectivity index (χ1) is 16.0. The molecule has 2 aromatic rings. The number of hydrogen-bond donors (Lipinski definition) is 0. The minimum Gasteiger partial charge on any atom is -0.497 e. The summed E-state index contributed by atoms with van der Waals surface area (Å²) in [6.45, 7) is 4.22. The fourth-order valence-electron chi connectivity index (χ4n) is 4.65. The normalized spacial score (nSPS) is 20.5. The molecule has 2 aromatic carbocycles. The van der Waals surface area contributed by atoms with Crippen molar-refractivity contribution in [3.63, 3.8) is 0 Å². The molecule has 0 bridgehead atoms. The number of benzene rings is 2. The van der Waals surface area contributed by atoms with Gasteiger partial charge < -0.3 is 9.64 Å². The van der Waals surface area contributed by atoms with Crippen LogP contribution < -0.4 is 4.74 Å². The van der Waals surface area contributed by atoms with Crippen molar-refractivity contribution in [3.8, 4) is 5.75 Å². The Hall–Kier alpha value is -2.42. The molecule has 0 spiro atoms. The predicted molar refractivity (Wildman–Crippen MR) is 128 cm³/mol. The van der Waals surface area contributed by atoms with Gasteiger partial charge in [-0.2, -0.15) is 4.31 Å². The number of nitrogens with zero attached hydrogens (tertiary/aromatic N) is 3. The summed E-state index contributed by atoms with van der Waals surface area (Å²) in [5.41, 5.74) is 1.26. The summed E-state index contributed by atoms with van der Waals surface area (Å²) in [5.74, 6) is 0.806. The number of sulfonamides is 1. The molecule has 0 saturated carbocycles. The Labute approximate surface area is 197 Å². The molecule has 1 amide bonds. The van der Waals surface area contributed by atoms with E-state index in [0.717, 1.165) is 44.6 Å². The lowest BCUT2D eigenvalue weighted by Crippen LogP contribution is -2.57. The Balaban J connectivity index is 1.34. The fraction of sp³-hybridized carbons (Fsp3) is 0.480. The van der Waals surface area contributed by atoms with E-state index in [9.17, 15) is 13.2 Å². The number of amides is 1. The number of methoxy groups -OCH3 is 1. The van der Waals surface area contributed by atoms with Gasteiger partial charge in [-0.25, -0.2) is 8.42 Å². The van der Waals surface area contributed by atoms with Crippen LogP contribution in [0, 0.1) is 0 Å². The van der Waals surface area contributed by atoms with Crippen molar-refractivity contribution in [2.24, 2.45) is 0 Å². The summed E-state index contributed by atoms with van der Waals surface area (Å²) in [5, 5.41) is 0. The molecule has 1 unspecified atom stereocenters. The average Bonchev–Trinajstić information content (AvgIpc) is 2.88. The minimum atomic E-state index is -3.68. The average molecular weight is 472 g/mol. The molecule has 7 nitrogen and oxygen atoms in total. The van der Waals surface area contributed by atoms with Crippen LogP contribution in [0.15, 0.2) is 59.5 Å². The van der Waals surface area contributed by atoms with E-state index in [-0.39, 0.29) is 10.8 Å². The van der Waals surface area contributed by atoms with Gasteiger partial charge in [-0.1, -0.05) is 36.8 Å². The van der Waals surface area contributed by atoms with E-state index >= 15 is 0 Å². The van der Waals surface area contributed by atoms with E-state index < -0.39 is 16.1 Å². The molecular weight excluding hydrogens is 438 g/mol. The minimum absolute atomic E-state index is 0.0518. The van der Waals surface area contributed by atoms with Gasteiger partial charge in [0.2, 0.25) is 15.9 Å². The van der Waals surface area contributed by atoms with Crippen molar-refractivity contribution in [2.45, 2.75) is 36.6 Å². The van der Waals surface area contributed by atoms with E-state index in [1.807, 2.05) is 17.0 Å². The van der Waals surface area contributed by atoms with Gasteiger partial charge >= 0.3 is 0 Å². The van der Waals surface area contributed by atoms with E-state index in [2.05, 4.69) is 17.0 Å². The Kier molecular flexibility index (Phi) is 7.67. The zero-order chi connectivity index (χ0) is 23.3. The molecule has 2 fully saturated rings. The molecule has 8 heteroatoms. The van der Waals surface area contributed by atoms with Crippen molar-refractivity contribution >= 4 is 15.9 Å². The highest BCUT2D eigenvalue weighted by Crippen LogP contribution is 2.27. The number of piperidine rings is 1. The first-order valence-electron chi connectivity index (χ1n) is 11.7. The molecule has 0 radical (unpaired) electrons. The molecule has 2 aliphatic rings. The number of ether oxygens (including phenoxy) is 1. The van der Waals surface area contributed by atoms with Crippen LogP contribution in [0.1, 0.15) is 24.8 Å². The standard InChI is InChI=1S/C25H33N3O4S/c1-32-22-12-10-21(11-13-22)14-16-26-17-19-27(20-18-26)25(29)24-9-5-6-15-28(24)33(30,31)23-7-3-2-4-8-23/h2-4,7-8,10-13,24H,5-6,9,14-20H2,1H3. The highest BCUT2D eigenvalue weighted by atomic mass is 32.2. The van der Waals surface area contributed by atoms with E-state index in [0.29, 0.717) is 26.1 Å². The summed E-state index contributed by atoms with van der Waals surface area (Å²) in [7, 11) is -2.02. The molecule has 0 aromatic heterocycles. The summed E-state index contributed by atoms with van der Waals surface area (Å²) in [6.07, 6.45) is 3.19. The van der Waals surface area contributed by atoms with Crippen molar-refractivity contribution in [3.05, 3.63) is 60.2 Å². The maximum Gasteiger partial charge on any atom is 0.243 e. The molecule has 0 aliphatic carbocycles. The van der Waals surface area contributed by atoms with Crippen LogP contribution in [-0.2, 0) is 21.2 Å². The largest absolute Gasteiger partial charge is 0.497 e. The third kappa shape index (κ3) is 5.57. The van der Waals surface area contributed by atoms with Crippen LogP contribution in [-0.4, -0.2) is 80.9 Å². The second-order valence-electron chi connectivity index (χ2n) is 8.71. The van der Waals surface area contributed by atoms with Crippen LogP contribution in [0.5, 0.6) is 5.75 Å². The third-order valence-electron chi connectivity index (χ3n) is 6.65. The first kappa shape index (κ1) is 23.7. The van der Waals surface area contributed by atoms with E-state index in [1.165, 1.54) is 9.87 Å². The van der Waals surface area contributed by atoms with Crippen LogP contribution in [0.3, 0.4) is 0 Å². The number of hydrogen-bond acceptors (Lipinski definition) is 5. The van der Waals surface area contributed by atoms with Crippen molar-refractivity contribution in [1.82, 2.24) is 14.1 Å². The Morgan fingerprint density at radius 2 is 1.64 bits per heavy atom. The number of carbonyl (C=O) groups is 1. The maximum atomic E-state index is 13.4. The third-order valence-corrected chi connectivity index (χ3v) is 8.57. The van der Waals surface area contributed by atoms with Gasteiger partial charge in [0.05, 0.1) is 12.0 Å². The number of rotatable bonds is 7. The number of carbonyl (C=O) groups excluding carboxylic acids is 1. The molecule has 178 valence electrons. The highest BCUT2D eigenvalue weighted by molar-refractivity contribution is 7.89. The molecule has 2 heterocycles. The Morgan fingerprint density at radius 1 is 0.939 bits per heavy atom. The molecule has 33 heavy (non-hydrogen) atoms. The highest BCUT2D eigenvalue weighted by Gasteiger charge is 2.39.